The molecule has 0 bridgehead atoms. The molecule has 34 heavy (non-hydrogen) atoms. The quantitative estimate of drug-likeness (QED) is 0.119. The number of carbonyl (C=O) groups excluding carboxylic acids is 1. The molecule has 1 atom stereocenters. The molecule has 2 rings (SSSR count). The summed E-state index contributed by atoms with van der Waals surface area (Å²) in [5, 5.41) is 9.52. The third-order valence-electron chi connectivity index (χ3n) is 6.84. The molecule has 0 spiro atoms. The highest BCUT2D eigenvalue weighted by Gasteiger charge is 2.28. The third kappa shape index (κ3) is 10.9. The summed E-state index contributed by atoms with van der Waals surface area (Å²) in [5.74, 6) is -1.47. The topological polar surface area (TPSA) is 91.3 Å². The van der Waals surface area contributed by atoms with Crippen molar-refractivity contribution < 1.29 is 33.6 Å². The number of rotatable bonds is 17. The first kappa shape index (κ1) is 28.8. The van der Waals surface area contributed by atoms with Gasteiger partial charge in [-0.25, -0.2) is 4.79 Å². The van der Waals surface area contributed by atoms with Crippen LogP contribution in [-0.2, 0) is 28.5 Å². The van der Waals surface area contributed by atoms with Crippen LogP contribution in [0.5, 0.6) is 0 Å². The Kier molecular flexibility index (Phi) is 13.8. The predicted octanol–water partition coefficient (Wildman–Crippen LogP) is 5.94. The molecule has 2 fully saturated rings. The molecule has 1 N–H and O–H groups in total. The van der Waals surface area contributed by atoms with Crippen molar-refractivity contribution in [2.24, 2.45) is 0 Å². The number of esters is 1. The smallest absolute Gasteiger partial charge is 0.333 e. The highest BCUT2D eigenvalue weighted by Crippen LogP contribution is 2.30. The predicted molar refractivity (Wildman–Crippen MR) is 131 cm³/mol. The Morgan fingerprint density at radius 2 is 1.53 bits per heavy atom. The first-order chi connectivity index (χ1) is 16.4. The van der Waals surface area contributed by atoms with Crippen LogP contribution in [0.25, 0.3) is 0 Å². The second-order valence-corrected chi connectivity index (χ2v) is 9.69. The van der Waals surface area contributed by atoms with Gasteiger partial charge in [-0.15, -0.1) is 0 Å². The number of unbranched alkanes of at least 4 members (excludes halogenated alkanes) is 2. The third-order valence-corrected chi connectivity index (χ3v) is 6.84. The minimum atomic E-state index is -0.977. The number of aliphatic carboxylic acids is 1. The van der Waals surface area contributed by atoms with Gasteiger partial charge in [-0.05, 0) is 51.5 Å². The van der Waals surface area contributed by atoms with Crippen molar-refractivity contribution in [3.8, 4) is 0 Å². The molecule has 196 valence electrons. The zero-order chi connectivity index (χ0) is 24.8. The van der Waals surface area contributed by atoms with E-state index in [1.54, 1.807) is 6.92 Å². The van der Waals surface area contributed by atoms with Gasteiger partial charge in [0.15, 0.2) is 6.29 Å². The second kappa shape index (κ2) is 16.3. The summed E-state index contributed by atoms with van der Waals surface area (Å²) in [4.78, 5) is 24.5. The summed E-state index contributed by atoms with van der Waals surface area (Å²) in [6.07, 6.45) is 12.3. The zero-order valence-corrected chi connectivity index (χ0v) is 21.5. The van der Waals surface area contributed by atoms with E-state index in [1.807, 2.05) is 6.92 Å². The summed E-state index contributed by atoms with van der Waals surface area (Å²) in [5.41, 5.74) is 0.846. The summed E-state index contributed by atoms with van der Waals surface area (Å²) < 4.78 is 23.9. The monoisotopic (exact) mass is 482 g/mol. The Morgan fingerprint density at radius 1 is 0.941 bits per heavy atom. The standard InChI is InChI=1S/C27H46O7/c1-4-6-7-16-24(31-5-2)19-32-27(30)20(3)21(17-25(28)29)18-26(33-22-12-8-9-13-22)34-23-14-10-11-15-23/h22-24,26H,4-19H2,1-3H3,(H,28,29). The van der Waals surface area contributed by atoms with Gasteiger partial charge < -0.3 is 24.1 Å². The maximum absolute atomic E-state index is 12.9. The van der Waals surface area contributed by atoms with Crippen LogP contribution < -0.4 is 0 Å². The van der Waals surface area contributed by atoms with Gasteiger partial charge in [0.05, 0.1) is 24.7 Å². The van der Waals surface area contributed by atoms with E-state index in [9.17, 15) is 14.7 Å². The van der Waals surface area contributed by atoms with Crippen molar-refractivity contribution in [1.29, 1.82) is 0 Å². The molecule has 0 saturated heterocycles. The van der Waals surface area contributed by atoms with Gasteiger partial charge in [-0.3, -0.25) is 4.79 Å². The summed E-state index contributed by atoms with van der Waals surface area (Å²) in [6, 6.07) is 0. The highest BCUT2D eigenvalue weighted by molar-refractivity contribution is 5.89. The van der Waals surface area contributed by atoms with Gasteiger partial charge in [0.25, 0.3) is 0 Å². The molecule has 1 unspecified atom stereocenters. The lowest BCUT2D eigenvalue weighted by Gasteiger charge is -2.27. The number of ether oxygens (including phenoxy) is 4. The number of carboxylic acid groups (broad SMARTS) is 1. The maximum Gasteiger partial charge on any atom is 0.333 e. The molecule has 0 aromatic rings. The normalized spacial score (nSPS) is 18.9. The Bertz CT molecular complexity index is 615. The number of hydrogen-bond acceptors (Lipinski definition) is 6. The van der Waals surface area contributed by atoms with E-state index >= 15 is 0 Å². The van der Waals surface area contributed by atoms with Crippen LogP contribution in [0.2, 0.25) is 0 Å². The van der Waals surface area contributed by atoms with E-state index < -0.39 is 18.2 Å². The minimum Gasteiger partial charge on any atom is -0.481 e. The van der Waals surface area contributed by atoms with E-state index in [1.165, 1.54) is 0 Å². The lowest BCUT2D eigenvalue weighted by Crippen LogP contribution is -2.29. The summed E-state index contributed by atoms with van der Waals surface area (Å²) in [7, 11) is 0. The van der Waals surface area contributed by atoms with Crippen LogP contribution in [0.15, 0.2) is 11.1 Å². The van der Waals surface area contributed by atoms with E-state index in [0.29, 0.717) is 17.8 Å². The van der Waals surface area contributed by atoms with Crippen LogP contribution in [0.4, 0.5) is 0 Å². The van der Waals surface area contributed by atoms with Gasteiger partial charge in [-0.1, -0.05) is 51.9 Å². The molecule has 2 aliphatic carbocycles. The largest absolute Gasteiger partial charge is 0.481 e. The SMILES string of the molecule is CCCCCC(COC(=O)C(C)=C(CC(=O)O)CC(OC1CCCC1)OC1CCCC1)OCC. The van der Waals surface area contributed by atoms with Crippen molar-refractivity contribution in [2.45, 2.75) is 135 Å². The van der Waals surface area contributed by atoms with Crippen molar-refractivity contribution in [2.75, 3.05) is 13.2 Å². The van der Waals surface area contributed by atoms with Gasteiger partial charge in [0, 0.05) is 18.6 Å². The Labute approximate surface area is 205 Å². The molecule has 2 saturated carbocycles. The summed E-state index contributed by atoms with van der Waals surface area (Å²) in [6.45, 7) is 6.46. The van der Waals surface area contributed by atoms with Crippen molar-refractivity contribution >= 4 is 11.9 Å². The van der Waals surface area contributed by atoms with Gasteiger partial charge >= 0.3 is 11.9 Å². The zero-order valence-electron chi connectivity index (χ0n) is 21.5. The molecule has 0 aromatic carbocycles. The fraction of sp³-hybridized carbons (Fsp3) is 0.852. The Hall–Kier alpha value is -1.44. The Balaban J connectivity index is 2.05. The van der Waals surface area contributed by atoms with E-state index in [-0.39, 0.29) is 37.8 Å². The van der Waals surface area contributed by atoms with Crippen LogP contribution in [0.3, 0.4) is 0 Å². The Morgan fingerprint density at radius 3 is 2.03 bits per heavy atom. The van der Waals surface area contributed by atoms with Gasteiger partial charge in [0.2, 0.25) is 0 Å². The first-order valence-electron chi connectivity index (χ1n) is 13.4. The lowest BCUT2D eigenvalue weighted by atomic mass is 10.0. The molecule has 0 aromatic heterocycles. The number of hydrogen-bond donors (Lipinski definition) is 1. The van der Waals surface area contributed by atoms with Crippen LogP contribution in [0.1, 0.15) is 111 Å². The van der Waals surface area contributed by atoms with Crippen LogP contribution in [0, 0.1) is 0 Å². The number of carbonyl (C=O) groups is 2. The molecule has 7 heteroatoms. The molecular formula is C27H46O7. The van der Waals surface area contributed by atoms with Crippen molar-refractivity contribution in [1.82, 2.24) is 0 Å². The number of carboxylic acids is 1. The van der Waals surface area contributed by atoms with Crippen LogP contribution >= 0.6 is 0 Å². The van der Waals surface area contributed by atoms with E-state index in [4.69, 9.17) is 18.9 Å². The lowest BCUT2D eigenvalue weighted by molar-refractivity contribution is -0.190. The molecule has 0 radical (unpaired) electrons. The highest BCUT2D eigenvalue weighted by atomic mass is 16.7. The fourth-order valence-electron chi connectivity index (χ4n) is 4.84. The van der Waals surface area contributed by atoms with Crippen molar-refractivity contribution in [3.63, 3.8) is 0 Å². The average molecular weight is 483 g/mol. The molecule has 0 aliphatic heterocycles. The first-order valence-corrected chi connectivity index (χ1v) is 13.4. The maximum atomic E-state index is 12.9. The molecule has 0 amide bonds. The molecule has 2 aliphatic rings. The minimum absolute atomic E-state index is 0.139. The van der Waals surface area contributed by atoms with Gasteiger partial charge in [0.1, 0.15) is 6.61 Å². The van der Waals surface area contributed by atoms with E-state index in [2.05, 4.69) is 6.92 Å². The molecule has 7 nitrogen and oxygen atoms in total. The summed E-state index contributed by atoms with van der Waals surface area (Å²) >= 11 is 0. The average Bonchev–Trinajstić information content (AvgIpc) is 3.50. The van der Waals surface area contributed by atoms with E-state index in [0.717, 1.165) is 77.0 Å². The molecule has 0 heterocycles. The second-order valence-electron chi connectivity index (χ2n) is 9.69. The fourth-order valence-corrected chi connectivity index (χ4v) is 4.84. The van der Waals surface area contributed by atoms with Crippen molar-refractivity contribution in [3.05, 3.63) is 11.1 Å². The van der Waals surface area contributed by atoms with Crippen LogP contribution in [-0.4, -0.2) is 54.9 Å². The molecular weight excluding hydrogens is 436 g/mol. The van der Waals surface area contributed by atoms with Gasteiger partial charge in [-0.2, -0.15) is 0 Å².